The Bertz CT molecular complexity index is 949. The number of carbonyl (C=O) groups is 1. The van der Waals surface area contributed by atoms with Gasteiger partial charge in [-0.15, -0.1) is 11.3 Å². The molecule has 0 spiro atoms. The van der Waals surface area contributed by atoms with Crippen molar-refractivity contribution in [1.29, 1.82) is 0 Å². The molecule has 1 amide bonds. The molecule has 0 saturated heterocycles. The molecule has 1 atom stereocenters. The minimum atomic E-state index is -0.662. The first-order chi connectivity index (χ1) is 12.8. The molecule has 1 heterocycles. The number of ether oxygens (including phenoxy) is 1. The van der Waals surface area contributed by atoms with Gasteiger partial charge in [-0.1, -0.05) is 39.7 Å². The van der Waals surface area contributed by atoms with Gasteiger partial charge in [0.2, 0.25) is 0 Å². The molecular weight excluding hydrogens is 448 g/mol. The molecule has 0 aliphatic heterocycles. The predicted molar refractivity (Wildman–Crippen MR) is 115 cm³/mol. The molecule has 140 valence electrons. The summed E-state index contributed by atoms with van der Waals surface area (Å²) in [5.74, 6) is 0.365. The highest BCUT2D eigenvalue weighted by molar-refractivity contribution is 9.10. The smallest absolute Gasteiger partial charge is 0.266 e. The first kappa shape index (κ1) is 19.9. The molecule has 7 heteroatoms. The molecule has 0 aliphatic carbocycles. The van der Waals surface area contributed by atoms with Gasteiger partial charge in [-0.05, 0) is 56.2 Å². The van der Waals surface area contributed by atoms with Crippen LogP contribution < -0.4 is 10.1 Å². The Morgan fingerprint density at radius 1 is 1.22 bits per heavy atom. The number of hydrogen-bond acceptors (Lipinski definition) is 4. The van der Waals surface area contributed by atoms with Crippen LogP contribution in [-0.2, 0) is 4.79 Å². The highest BCUT2D eigenvalue weighted by atomic mass is 79.9. The monoisotopic (exact) mass is 464 g/mol. The van der Waals surface area contributed by atoms with Crippen molar-refractivity contribution in [3.8, 4) is 17.0 Å². The van der Waals surface area contributed by atoms with Crippen molar-refractivity contribution in [3.63, 3.8) is 0 Å². The number of rotatable bonds is 5. The molecule has 1 unspecified atom stereocenters. The number of nitrogens with zero attached hydrogens (tertiary/aromatic N) is 1. The molecule has 1 N–H and O–H groups in total. The van der Waals surface area contributed by atoms with Crippen LogP contribution >= 0.6 is 38.9 Å². The lowest BCUT2D eigenvalue weighted by Crippen LogP contribution is -2.30. The Hall–Kier alpha value is -1.89. The molecule has 4 nitrogen and oxygen atoms in total. The van der Waals surface area contributed by atoms with Gasteiger partial charge in [0.05, 0.1) is 5.69 Å². The van der Waals surface area contributed by atoms with Crippen LogP contribution in [0.5, 0.6) is 5.75 Å². The molecule has 0 saturated carbocycles. The molecule has 0 radical (unpaired) electrons. The molecule has 3 rings (SSSR count). The Morgan fingerprint density at radius 2 is 1.85 bits per heavy atom. The van der Waals surface area contributed by atoms with Gasteiger partial charge in [0.1, 0.15) is 5.75 Å². The van der Waals surface area contributed by atoms with E-state index in [1.807, 2.05) is 55.6 Å². The molecule has 0 fully saturated rings. The summed E-state index contributed by atoms with van der Waals surface area (Å²) < 4.78 is 6.78. The van der Waals surface area contributed by atoms with Crippen molar-refractivity contribution in [2.75, 3.05) is 5.32 Å². The number of hydrogen-bond donors (Lipinski definition) is 1. The molecular formula is C20H18BrClN2O2S. The normalized spacial score (nSPS) is 11.9. The van der Waals surface area contributed by atoms with Crippen molar-refractivity contribution in [2.45, 2.75) is 26.9 Å². The zero-order valence-corrected chi connectivity index (χ0v) is 18.2. The number of halogens is 2. The average Bonchev–Trinajstić information content (AvgIpc) is 3.08. The van der Waals surface area contributed by atoms with Crippen molar-refractivity contribution >= 4 is 49.9 Å². The predicted octanol–water partition coefficient (Wildman–Crippen LogP) is 6.25. The van der Waals surface area contributed by atoms with E-state index < -0.39 is 6.10 Å². The summed E-state index contributed by atoms with van der Waals surface area (Å²) in [6, 6.07) is 11.5. The first-order valence-corrected chi connectivity index (χ1v) is 10.3. The molecule has 3 aromatic rings. The van der Waals surface area contributed by atoms with E-state index in [1.54, 1.807) is 6.92 Å². The number of amides is 1. The molecule has 1 aromatic heterocycles. The SMILES string of the molecule is Cc1cc(OC(C)C(=O)Nc2nc(-c3ccc(Br)cc3)cs2)cc(C)c1Cl. The number of anilines is 1. The topological polar surface area (TPSA) is 51.2 Å². The van der Waals surface area contributed by atoms with Gasteiger partial charge in [0.15, 0.2) is 11.2 Å². The van der Waals surface area contributed by atoms with Gasteiger partial charge in [-0.2, -0.15) is 0 Å². The van der Waals surface area contributed by atoms with E-state index in [-0.39, 0.29) is 5.91 Å². The van der Waals surface area contributed by atoms with Crippen molar-refractivity contribution in [1.82, 2.24) is 4.98 Å². The van der Waals surface area contributed by atoms with Gasteiger partial charge < -0.3 is 4.74 Å². The van der Waals surface area contributed by atoms with Gasteiger partial charge in [0.25, 0.3) is 5.91 Å². The average molecular weight is 466 g/mol. The van der Waals surface area contributed by atoms with E-state index in [2.05, 4.69) is 26.2 Å². The van der Waals surface area contributed by atoms with Gasteiger partial charge in [0, 0.05) is 20.4 Å². The third-order valence-corrected chi connectivity index (χ3v) is 5.85. The lowest BCUT2D eigenvalue weighted by atomic mass is 10.1. The molecule has 27 heavy (non-hydrogen) atoms. The summed E-state index contributed by atoms with van der Waals surface area (Å²) in [5, 5.41) is 5.97. The lowest BCUT2D eigenvalue weighted by Gasteiger charge is -2.15. The fourth-order valence-electron chi connectivity index (χ4n) is 2.52. The van der Waals surface area contributed by atoms with Gasteiger partial charge in [-0.25, -0.2) is 4.98 Å². The number of carbonyl (C=O) groups excluding carboxylic acids is 1. The Labute approximate surface area is 175 Å². The molecule has 0 bridgehead atoms. The third-order valence-electron chi connectivity index (χ3n) is 3.97. The quantitative estimate of drug-likeness (QED) is 0.484. The minimum absolute atomic E-state index is 0.253. The van der Waals surface area contributed by atoms with Crippen LogP contribution in [0.4, 0.5) is 5.13 Å². The summed E-state index contributed by atoms with van der Waals surface area (Å²) in [7, 11) is 0. The number of aryl methyl sites for hydroxylation is 2. The minimum Gasteiger partial charge on any atom is -0.481 e. The summed E-state index contributed by atoms with van der Waals surface area (Å²) in [4.78, 5) is 16.9. The summed E-state index contributed by atoms with van der Waals surface area (Å²) >= 11 is 11.0. The zero-order chi connectivity index (χ0) is 19.6. The summed E-state index contributed by atoms with van der Waals surface area (Å²) in [5.41, 5.74) is 3.64. The summed E-state index contributed by atoms with van der Waals surface area (Å²) in [6.07, 6.45) is -0.662. The summed E-state index contributed by atoms with van der Waals surface area (Å²) in [6.45, 7) is 5.52. The van der Waals surface area contributed by atoms with Crippen molar-refractivity contribution < 1.29 is 9.53 Å². The zero-order valence-electron chi connectivity index (χ0n) is 15.0. The second-order valence-corrected chi connectivity index (χ2v) is 8.32. The van der Waals surface area contributed by atoms with Crippen molar-refractivity contribution in [3.05, 3.63) is 62.4 Å². The number of benzene rings is 2. The van der Waals surface area contributed by atoms with E-state index in [4.69, 9.17) is 16.3 Å². The molecule has 2 aromatic carbocycles. The fourth-order valence-corrected chi connectivity index (χ4v) is 3.62. The Kier molecular flexibility index (Phi) is 6.19. The van der Waals surface area contributed by atoms with Crippen LogP contribution in [0.1, 0.15) is 18.1 Å². The van der Waals surface area contributed by atoms with Gasteiger partial charge >= 0.3 is 0 Å². The standard InChI is InChI=1S/C20H18BrClN2O2S/c1-11-8-16(9-12(2)18(11)22)26-13(3)19(25)24-20-23-17(10-27-20)14-4-6-15(21)7-5-14/h4-10,13H,1-3H3,(H,23,24,25). The van der Waals surface area contributed by atoms with E-state index in [0.717, 1.165) is 26.9 Å². The second kappa shape index (κ2) is 8.42. The maximum Gasteiger partial charge on any atom is 0.266 e. The molecule has 0 aliphatic rings. The highest BCUT2D eigenvalue weighted by Gasteiger charge is 2.17. The lowest BCUT2D eigenvalue weighted by molar-refractivity contribution is -0.122. The first-order valence-electron chi connectivity index (χ1n) is 8.29. The highest BCUT2D eigenvalue weighted by Crippen LogP contribution is 2.28. The van der Waals surface area contributed by atoms with E-state index in [0.29, 0.717) is 15.9 Å². The van der Waals surface area contributed by atoms with E-state index in [1.165, 1.54) is 11.3 Å². The van der Waals surface area contributed by atoms with Crippen molar-refractivity contribution in [2.24, 2.45) is 0 Å². The third kappa shape index (κ3) is 4.89. The van der Waals surface area contributed by atoms with Crippen LogP contribution in [0, 0.1) is 13.8 Å². The van der Waals surface area contributed by atoms with Crippen LogP contribution in [0.2, 0.25) is 5.02 Å². The van der Waals surface area contributed by atoms with Gasteiger partial charge in [-0.3, -0.25) is 10.1 Å². The van der Waals surface area contributed by atoms with E-state index in [9.17, 15) is 4.79 Å². The maximum atomic E-state index is 12.4. The number of aromatic nitrogens is 1. The van der Waals surface area contributed by atoms with E-state index >= 15 is 0 Å². The maximum absolute atomic E-state index is 12.4. The van der Waals surface area contributed by atoms with Crippen LogP contribution in [-0.4, -0.2) is 17.0 Å². The van der Waals surface area contributed by atoms with Crippen LogP contribution in [0.15, 0.2) is 46.3 Å². The Morgan fingerprint density at radius 3 is 2.48 bits per heavy atom. The fraction of sp³-hybridized carbons (Fsp3) is 0.200. The number of thiazole rings is 1. The van der Waals surface area contributed by atoms with Crippen LogP contribution in [0.3, 0.4) is 0 Å². The Balaban J connectivity index is 1.66. The second-order valence-electron chi connectivity index (χ2n) is 6.17. The van der Waals surface area contributed by atoms with Crippen LogP contribution in [0.25, 0.3) is 11.3 Å². The largest absolute Gasteiger partial charge is 0.481 e. The number of nitrogens with one attached hydrogen (secondary N) is 1.